The number of thiocarbonyl (C=S) groups is 1. The largest absolute Gasteiger partial charge is 0.358 e. The van der Waals surface area contributed by atoms with Gasteiger partial charge in [-0.1, -0.05) is 38.3 Å². The van der Waals surface area contributed by atoms with Gasteiger partial charge in [-0.05, 0) is 48.7 Å². The first-order valence-corrected chi connectivity index (χ1v) is 8.49. The summed E-state index contributed by atoms with van der Waals surface area (Å²) in [5, 5.41) is 3.84. The maximum atomic E-state index is 13.6. The van der Waals surface area contributed by atoms with Gasteiger partial charge in [0.15, 0.2) is 5.11 Å². The molecule has 1 saturated carbocycles. The van der Waals surface area contributed by atoms with Crippen molar-refractivity contribution >= 4 is 34.8 Å². The van der Waals surface area contributed by atoms with Crippen LogP contribution in [0.15, 0.2) is 18.2 Å². The molecular formula is C16H21ClFN3OS. The van der Waals surface area contributed by atoms with Crippen LogP contribution in [0.5, 0.6) is 0 Å². The Morgan fingerprint density at radius 1 is 1.30 bits per heavy atom. The van der Waals surface area contributed by atoms with Gasteiger partial charge in [-0.3, -0.25) is 15.6 Å². The number of rotatable bonds is 2. The van der Waals surface area contributed by atoms with E-state index in [1.54, 1.807) is 0 Å². The van der Waals surface area contributed by atoms with Gasteiger partial charge in [0.25, 0.3) is 5.91 Å². The summed E-state index contributed by atoms with van der Waals surface area (Å²) in [6.07, 6.45) is 3.43. The molecule has 4 nitrogen and oxygen atoms in total. The van der Waals surface area contributed by atoms with Gasteiger partial charge in [-0.15, -0.1) is 0 Å². The number of nitrogens with one attached hydrogen (secondary N) is 3. The zero-order valence-corrected chi connectivity index (χ0v) is 14.7. The third-order valence-corrected chi connectivity index (χ3v) is 4.94. The monoisotopic (exact) mass is 357 g/mol. The Bertz CT molecular complexity index is 599. The number of hydrogen-bond donors (Lipinski definition) is 3. The fraction of sp³-hybridized carbons (Fsp3) is 0.500. The molecule has 1 aliphatic rings. The van der Waals surface area contributed by atoms with E-state index in [0.717, 1.165) is 18.9 Å². The third-order valence-electron chi connectivity index (χ3n) is 4.49. The lowest BCUT2D eigenvalue weighted by atomic mass is 9.78. The van der Waals surface area contributed by atoms with Crippen LogP contribution in [0.2, 0.25) is 5.02 Å². The summed E-state index contributed by atoms with van der Waals surface area (Å²) in [4.78, 5) is 12.0. The molecule has 23 heavy (non-hydrogen) atoms. The van der Waals surface area contributed by atoms with Crippen molar-refractivity contribution in [3.8, 4) is 0 Å². The predicted molar refractivity (Wildman–Crippen MR) is 93.7 cm³/mol. The molecule has 1 aromatic rings. The molecule has 1 aliphatic carbocycles. The molecule has 1 fully saturated rings. The average molecular weight is 358 g/mol. The maximum Gasteiger partial charge on any atom is 0.272 e. The molecule has 7 heteroatoms. The zero-order valence-electron chi connectivity index (χ0n) is 13.2. The molecule has 0 saturated heterocycles. The van der Waals surface area contributed by atoms with Crippen LogP contribution in [0.1, 0.15) is 43.5 Å². The van der Waals surface area contributed by atoms with Gasteiger partial charge in [-0.2, -0.15) is 0 Å². The maximum absolute atomic E-state index is 13.6. The first-order chi connectivity index (χ1) is 10.9. The van der Waals surface area contributed by atoms with Gasteiger partial charge >= 0.3 is 0 Å². The minimum atomic E-state index is -0.637. The molecule has 126 valence electrons. The molecule has 0 aromatic heterocycles. The van der Waals surface area contributed by atoms with Crippen LogP contribution in [-0.4, -0.2) is 17.1 Å². The Hall–Kier alpha value is -1.40. The van der Waals surface area contributed by atoms with Gasteiger partial charge in [0, 0.05) is 11.1 Å². The lowest BCUT2D eigenvalue weighted by Crippen LogP contribution is -2.52. The molecule has 0 unspecified atom stereocenters. The number of carbonyl (C=O) groups is 1. The fourth-order valence-electron chi connectivity index (χ4n) is 2.84. The van der Waals surface area contributed by atoms with Crippen LogP contribution in [0.3, 0.4) is 0 Å². The highest BCUT2D eigenvalue weighted by Crippen LogP contribution is 2.29. The van der Waals surface area contributed by atoms with Gasteiger partial charge < -0.3 is 5.32 Å². The molecule has 0 heterocycles. The van der Waals surface area contributed by atoms with Crippen LogP contribution < -0.4 is 16.2 Å². The smallest absolute Gasteiger partial charge is 0.272 e. The fourth-order valence-corrected chi connectivity index (χ4v) is 3.22. The Labute approximate surface area is 146 Å². The molecule has 3 atom stereocenters. The lowest BCUT2D eigenvalue weighted by Gasteiger charge is -2.35. The van der Waals surface area contributed by atoms with E-state index in [-0.39, 0.29) is 11.6 Å². The standard InChI is InChI=1S/C16H21ClFN3OS/c1-9-4-3-5-14(10(9)2)19-16(23)21-20-15(22)12-8-11(17)6-7-13(12)18/h6-10,14H,3-5H2,1-2H3,(H,20,22)(H2,19,21,23)/t9-,10+,14+/m0/s1. The summed E-state index contributed by atoms with van der Waals surface area (Å²) in [6.45, 7) is 4.43. The molecule has 1 aromatic carbocycles. The summed E-state index contributed by atoms with van der Waals surface area (Å²) in [7, 11) is 0. The second-order valence-electron chi connectivity index (χ2n) is 6.05. The Morgan fingerprint density at radius 3 is 2.78 bits per heavy atom. The lowest BCUT2D eigenvalue weighted by molar-refractivity contribution is 0.0939. The number of benzene rings is 1. The second-order valence-corrected chi connectivity index (χ2v) is 6.90. The van der Waals surface area contributed by atoms with Crippen molar-refractivity contribution < 1.29 is 9.18 Å². The molecule has 1 amide bonds. The SMILES string of the molecule is C[C@@H]1[C@@H](C)CCC[C@H]1NC(=S)NNC(=O)c1cc(Cl)ccc1F. The summed E-state index contributed by atoms with van der Waals surface area (Å²) in [5.41, 5.74) is 4.88. The van der Waals surface area contributed by atoms with E-state index in [0.29, 0.717) is 22.0 Å². The molecule has 3 N–H and O–H groups in total. The number of carbonyl (C=O) groups excluding carboxylic acids is 1. The quantitative estimate of drug-likeness (QED) is 0.561. The minimum Gasteiger partial charge on any atom is -0.358 e. The Kier molecular flexibility index (Phi) is 6.18. The molecule has 0 bridgehead atoms. The van der Waals surface area contributed by atoms with Gasteiger partial charge in [0.05, 0.1) is 5.56 Å². The average Bonchev–Trinajstić information content (AvgIpc) is 2.52. The van der Waals surface area contributed by atoms with E-state index in [4.69, 9.17) is 23.8 Å². The van der Waals surface area contributed by atoms with E-state index in [1.165, 1.54) is 18.6 Å². The summed E-state index contributed by atoms with van der Waals surface area (Å²) < 4.78 is 13.6. The molecule has 0 radical (unpaired) electrons. The van der Waals surface area contributed by atoms with Crippen molar-refractivity contribution in [1.29, 1.82) is 0 Å². The van der Waals surface area contributed by atoms with Crippen molar-refractivity contribution in [2.75, 3.05) is 0 Å². The molecular weight excluding hydrogens is 337 g/mol. The third kappa shape index (κ3) is 4.78. The van der Waals surface area contributed by atoms with Crippen LogP contribution in [0.25, 0.3) is 0 Å². The van der Waals surface area contributed by atoms with Gasteiger partial charge in [0.1, 0.15) is 5.82 Å². The number of hydrogen-bond acceptors (Lipinski definition) is 2. The summed E-state index contributed by atoms with van der Waals surface area (Å²) in [5.74, 6) is -0.120. The van der Waals surface area contributed by atoms with Crippen molar-refractivity contribution in [2.24, 2.45) is 11.8 Å². The van der Waals surface area contributed by atoms with Crippen molar-refractivity contribution in [3.63, 3.8) is 0 Å². The van der Waals surface area contributed by atoms with E-state index in [9.17, 15) is 9.18 Å². The predicted octanol–water partition coefficient (Wildman–Crippen LogP) is 3.41. The number of halogens is 2. The summed E-state index contributed by atoms with van der Waals surface area (Å²) in [6, 6.07) is 4.09. The first kappa shape index (κ1) is 17.9. The van der Waals surface area contributed by atoms with Crippen LogP contribution in [0.4, 0.5) is 4.39 Å². The molecule has 2 rings (SSSR count). The molecule has 0 aliphatic heterocycles. The van der Waals surface area contributed by atoms with E-state index in [1.807, 2.05) is 0 Å². The Morgan fingerprint density at radius 2 is 2.04 bits per heavy atom. The van der Waals surface area contributed by atoms with E-state index in [2.05, 4.69) is 30.0 Å². The topological polar surface area (TPSA) is 53.2 Å². The second kappa shape index (κ2) is 7.93. The normalized spacial score (nSPS) is 23.9. The first-order valence-electron chi connectivity index (χ1n) is 7.70. The van der Waals surface area contributed by atoms with Crippen LogP contribution >= 0.6 is 23.8 Å². The Balaban J connectivity index is 1.86. The highest BCUT2D eigenvalue weighted by Gasteiger charge is 2.27. The summed E-state index contributed by atoms with van der Waals surface area (Å²) >= 11 is 11.0. The molecule has 0 spiro atoms. The van der Waals surface area contributed by atoms with Crippen LogP contribution in [-0.2, 0) is 0 Å². The highest BCUT2D eigenvalue weighted by molar-refractivity contribution is 7.80. The van der Waals surface area contributed by atoms with Crippen molar-refractivity contribution in [1.82, 2.24) is 16.2 Å². The van der Waals surface area contributed by atoms with Crippen molar-refractivity contribution in [3.05, 3.63) is 34.6 Å². The van der Waals surface area contributed by atoms with Gasteiger partial charge in [0.2, 0.25) is 0 Å². The minimum absolute atomic E-state index is 0.132. The van der Waals surface area contributed by atoms with E-state index < -0.39 is 11.7 Å². The van der Waals surface area contributed by atoms with E-state index >= 15 is 0 Å². The van der Waals surface area contributed by atoms with Crippen molar-refractivity contribution in [2.45, 2.75) is 39.2 Å². The highest BCUT2D eigenvalue weighted by atomic mass is 35.5. The zero-order chi connectivity index (χ0) is 17.0. The number of amides is 1. The van der Waals surface area contributed by atoms with Crippen LogP contribution in [0, 0.1) is 17.7 Å². The number of hydrazine groups is 1. The van der Waals surface area contributed by atoms with Gasteiger partial charge in [-0.25, -0.2) is 4.39 Å².